The SMILES string of the molecule is Cn1ccc(CNc2ncc3c(n2)CN(C(=O)OC(C)(C)C)[C@H]2C[C@@H]32)n1. The molecule has 8 heteroatoms. The molecular formula is C18H24N6O2. The van der Waals surface area contributed by atoms with Crippen LogP contribution in [0.3, 0.4) is 0 Å². The summed E-state index contributed by atoms with van der Waals surface area (Å²) < 4.78 is 7.31. The lowest BCUT2D eigenvalue weighted by molar-refractivity contribution is 0.0200. The molecule has 0 unspecified atom stereocenters. The molecule has 1 amide bonds. The summed E-state index contributed by atoms with van der Waals surface area (Å²) >= 11 is 0. The van der Waals surface area contributed by atoms with Crippen molar-refractivity contribution in [3.63, 3.8) is 0 Å². The van der Waals surface area contributed by atoms with Crippen molar-refractivity contribution in [1.29, 1.82) is 0 Å². The van der Waals surface area contributed by atoms with E-state index in [9.17, 15) is 4.79 Å². The summed E-state index contributed by atoms with van der Waals surface area (Å²) in [6, 6.07) is 2.16. The maximum Gasteiger partial charge on any atom is 0.410 e. The van der Waals surface area contributed by atoms with Crippen molar-refractivity contribution < 1.29 is 9.53 Å². The number of ether oxygens (including phenoxy) is 1. The fraction of sp³-hybridized carbons (Fsp3) is 0.556. The summed E-state index contributed by atoms with van der Waals surface area (Å²) in [5, 5.41) is 7.53. The Balaban J connectivity index is 1.47. The first-order valence-electron chi connectivity index (χ1n) is 8.88. The van der Waals surface area contributed by atoms with Gasteiger partial charge < -0.3 is 10.1 Å². The van der Waals surface area contributed by atoms with E-state index < -0.39 is 5.60 Å². The van der Waals surface area contributed by atoms with Crippen molar-refractivity contribution in [2.24, 2.45) is 7.05 Å². The molecule has 0 radical (unpaired) electrons. The number of carbonyl (C=O) groups excluding carboxylic acids is 1. The summed E-state index contributed by atoms with van der Waals surface area (Å²) in [7, 11) is 1.89. The van der Waals surface area contributed by atoms with Gasteiger partial charge in [0.15, 0.2) is 0 Å². The molecule has 4 rings (SSSR count). The van der Waals surface area contributed by atoms with Crippen LogP contribution >= 0.6 is 0 Å². The average Bonchev–Trinajstić information content (AvgIpc) is 3.25. The predicted molar refractivity (Wildman–Crippen MR) is 95.5 cm³/mol. The number of nitrogens with one attached hydrogen (secondary N) is 1. The second-order valence-electron chi connectivity index (χ2n) is 7.95. The highest BCUT2D eigenvalue weighted by molar-refractivity contribution is 5.70. The van der Waals surface area contributed by atoms with Gasteiger partial charge in [-0.1, -0.05) is 0 Å². The van der Waals surface area contributed by atoms with Gasteiger partial charge in [-0.05, 0) is 38.8 Å². The second kappa shape index (κ2) is 5.96. The van der Waals surface area contributed by atoms with E-state index in [0.29, 0.717) is 25.0 Å². The van der Waals surface area contributed by atoms with Gasteiger partial charge in [0.1, 0.15) is 5.60 Å². The van der Waals surface area contributed by atoms with Gasteiger partial charge in [0.05, 0.1) is 24.5 Å². The molecule has 0 spiro atoms. The van der Waals surface area contributed by atoms with Crippen LogP contribution in [0.2, 0.25) is 0 Å². The quantitative estimate of drug-likeness (QED) is 0.909. The van der Waals surface area contributed by atoms with Gasteiger partial charge in [-0.2, -0.15) is 5.10 Å². The topological polar surface area (TPSA) is 85.2 Å². The van der Waals surface area contributed by atoms with E-state index in [0.717, 1.165) is 23.4 Å². The smallest absolute Gasteiger partial charge is 0.410 e. The number of rotatable bonds is 3. The molecule has 0 aromatic carbocycles. The molecule has 138 valence electrons. The maximum absolute atomic E-state index is 12.5. The van der Waals surface area contributed by atoms with Crippen LogP contribution < -0.4 is 5.32 Å². The Morgan fingerprint density at radius 1 is 1.42 bits per heavy atom. The van der Waals surface area contributed by atoms with Crippen LogP contribution in [0, 0.1) is 0 Å². The van der Waals surface area contributed by atoms with Crippen LogP contribution in [0.15, 0.2) is 18.5 Å². The molecule has 0 bridgehead atoms. The van der Waals surface area contributed by atoms with Crippen molar-refractivity contribution in [2.45, 2.75) is 57.8 Å². The molecular weight excluding hydrogens is 332 g/mol. The molecule has 3 heterocycles. The molecule has 26 heavy (non-hydrogen) atoms. The van der Waals surface area contributed by atoms with Gasteiger partial charge in [0, 0.05) is 31.4 Å². The number of fused-ring (bicyclic) bond motifs is 3. The summed E-state index contributed by atoms with van der Waals surface area (Å²) in [4.78, 5) is 23.4. The molecule has 1 aliphatic heterocycles. The van der Waals surface area contributed by atoms with E-state index in [1.54, 1.807) is 9.58 Å². The lowest BCUT2D eigenvalue weighted by atomic mass is 10.1. The van der Waals surface area contributed by atoms with Crippen LogP contribution in [-0.4, -0.2) is 42.4 Å². The van der Waals surface area contributed by atoms with Crippen molar-refractivity contribution in [3.05, 3.63) is 35.4 Å². The Morgan fingerprint density at radius 3 is 2.92 bits per heavy atom. The van der Waals surface area contributed by atoms with Gasteiger partial charge >= 0.3 is 6.09 Å². The third-order valence-electron chi connectivity index (χ3n) is 4.60. The van der Waals surface area contributed by atoms with E-state index in [2.05, 4.69) is 20.4 Å². The highest BCUT2D eigenvalue weighted by atomic mass is 16.6. The largest absolute Gasteiger partial charge is 0.444 e. The molecule has 2 aromatic rings. The Morgan fingerprint density at radius 2 is 2.23 bits per heavy atom. The number of carbonyl (C=O) groups is 1. The Labute approximate surface area is 152 Å². The first-order chi connectivity index (χ1) is 12.3. The van der Waals surface area contributed by atoms with E-state index in [-0.39, 0.29) is 12.1 Å². The zero-order chi connectivity index (χ0) is 18.5. The van der Waals surface area contributed by atoms with Crippen molar-refractivity contribution in [3.8, 4) is 0 Å². The van der Waals surface area contributed by atoms with Crippen LogP contribution in [0.5, 0.6) is 0 Å². The monoisotopic (exact) mass is 356 g/mol. The summed E-state index contributed by atoms with van der Waals surface area (Å²) in [5.41, 5.74) is 2.47. The number of amides is 1. The summed E-state index contributed by atoms with van der Waals surface area (Å²) in [6.45, 7) is 6.67. The minimum atomic E-state index is -0.497. The number of hydrogen-bond acceptors (Lipinski definition) is 6. The molecule has 1 aliphatic carbocycles. The van der Waals surface area contributed by atoms with Crippen LogP contribution in [0.4, 0.5) is 10.7 Å². The normalized spacial score (nSPS) is 21.0. The zero-order valence-corrected chi connectivity index (χ0v) is 15.6. The average molecular weight is 356 g/mol. The molecule has 0 saturated heterocycles. The fourth-order valence-corrected chi connectivity index (χ4v) is 3.33. The Kier molecular flexibility index (Phi) is 3.86. The molecule has 1 N–H and O–H groups in total. The first kappa shape index (κ1) is 16.8. The third-order valence-corrected chi connectivity index (χ3v) is 4.60. The molecule has 8 nitrogen and oxygen atoms in total. The molecule has 2 aromatic heterocycles. The third kappa shape index (κ3) is 3.36. The Hall–Kier alpha value is -2.64. The van der Waals surface area contributed by atoms with Gasteiger partial charge in [-0.3, -0.25) is 9.58 Å². The van der Waals surface area contributed by atoms with E-state index in [1.165, 1.54) is 0 Å². The molecule has 2 atom stereocenters. The van der Waals surface area contributed by atoms with Crippen LogP contribution in [0.1, 0.15) is 50.1 Å². The van der Waals surface area contributed by atoms with Crippen molar-refractivity contribution in [1.82, 2.24) is 24.6 Å². The highest BCUT2D eigenvalue weighted by Gasteiger charge is 2.50. The van der Waals surface area contributed by atoms with Crippen molar-refractivity contribution >= 4 is 12.0 Å². The van der Waals surface area contributed by atoms with Gasteiger partial charge in [0.25, 0.3) is 0 Å². The van der Waals surface area contributed by atoms with Crippen LogP contribution in [-0.2, 0) is 24.9 Å². The van der Waals surface area contributed by atoms with Gasteiger partial charge in [-0.25, -0.2) is 14.8 Å². The molecule has 2 aliphatic rings. The number of anilines is 1. The van der Waals surface area contributed by atoms with Crippen LogP contribution in [0.25, 0.3) is 0 Å². The lowest BCUT2D eigenvalue weighted by Gasteiger charge is -2.30. The zero-order valence-electron chi connectivity index (χ0n) is 15.6. The highest BCUT2D eigenvalue weighted by Crippen LogP contribution is 2.49. The number of nitrogens with zero attached hydrogens (tertiary/aromatic N) is 5. The predicted octanol–water partition coefficient (Wildman–Crippen LogP) is 2.43. The van der Waals surface area contributed by atoms with Gasteiger partial charge in [0.2, 0.25) is 5.95 Å². The minimum absolute atomic E-state index is 0.216. The number of hydrogen-bond donors (Lipinski definition) is 1. The molecule has 1 fully saturated rings. The van der Waals surface area contributed by atoms with Crippen molar-refractivity contribution in [2.75, 3.05) is 5.32 Å². The maximum atomic E-state index is 12.5. The van der Waals surface area contributed by atoms with Gasteiger partial charge in [-0.15, -0.1) is 0 Å². The first-order valence-corrected chi connectivity index (χ1v) is 8.88. The summed E-state index contributed by atoms with van der Waals surface area (Å²) in [5.74, 6) is 0.883. The molecule has 1 saturated carbocycles. The standard InChI is InChI=1S/C18H24N6O2/c1-18(2,3)26-17(25)24-10-14-13(12-7-15(12)24)9-20-16(21-14)19-8-11-5-6-23(4)22-11/h5-6,9,12,15H,7-8,10H2,1-4H3,(H,19,20,21)/t12-,15-/m0/s1. The summed E-state index contributed by atoms with van der Waals surface area (Å²) in [6.07, 6.45) is 4.48. The second-order valence-corrected chi connectivity index (χ2v) is 7.95. The number of aromatic nitrogens is 4. The van der Waals surface area contributed by atoms with E-state index >= 15 is 0 Å². The minimum Gasteiger partial charge on any atom is -0.444 e. The van der Waals surface area contributed by atoms with E-state index in [1.807, 2.05) is 46.3 Å². The van der Waals surface area contributed by atoms with E-state index in [4.69, 9.17) is 4.74 Å². The fourth-order valence-electron chi connectivity index (χ4n) is 3.33. The number of aryl methyl sites for hydroxylation is 1. The lowest BCUT2D eigenvalue weighted by Crippen LogP contribution is -2.40. The Bertz CT molecular complexity index is 840.